The molecule has 4 nitrogen and oxygen atoms in total. The average Bonchev–Trinajstić information content (AvgIpc) is 2.40. The molecule has 0 aliphatic carbocycles. The maximum Gasteiger partial charge on any atom is 0.277 e. The van der Waals surface area contributed by atoms with E-state index in [0.29, 0.717) is 25.8 Å². The van der Waals surface area contributed by atoms with Gasteiger partial charge in [-0.2, -0.15) is 0 Å². The molecular formula is C13H8BrCl2NO3. The second-order valence-electron chi connectivity index (χ2n) is 3.89. The molecule has 0 N–H and O–H groups in total. The van der Waals surface area contributed by atoms with Crippen LogP contribution in [0.15, 0.2) is 40.9 Å². The average molecular weight is 377 g/mol. The summed E-state index contributed by atoms with van der Waals surface area (Å²) in [5, 5.41) is 11.9. The van der Waals surface area contributed by atoms with Crippen LogP contribution in [0.3, 0.4) is 0 Å². The molecule has 0 spiro atoms. The van der Waals surface area contributed by atoms with Gasteiger partial charge in [0.05, 0.1) is 15.5 Å². The van der Waals surface area contributed by atoms with Gasteiger partial charge < -0.3 is 4.74 Å². The van der Waals surface area contributed by atoms with E-state index in [1.807, 2.05) is 0 Å². The maximum atomic E-state index is 11.0. The van der Waals surface area contributed by atoms with Gasteiger partial charge in [0.1, 0.15) is 12.4 Å². The maximum absolute atomic E-state index is 11.0. The number of nitrogens with zero attached hydrogens (tertiary/aromatic N) is 1. The molecule has 0 saturated carbocycles. The summed E-state index contributed by atoms with van der Waals surface area (Å²) in [6.45, 7) is 0.0314. The number of hydrogen-bond donors (Lipinski definition) is 0. The summed E-state index contributed by atoms with van der Waals surface area (Å²) in [5.41, 5.74) is 0.437. The van der Waals surface area contributed by atoms with Crippen molar-refractivity contribution in [3.63, 3.8) is 0 Å². The molecule has 2 aromatic carbocycles. The molecule has 104 valence electrons. The van der Waals surface area contributed by atoms with Gasteiger partial charge in [-0.1, -0.05) is 39.1 Å². The summed E-state index contributed by atoms with van der Waals surface area (Å²) in [6.07, 6.45) is 0. The predicted molar refractivity (Wildman–Crippen MR) is 81.6 cm³/mol. The molecule has 0 bridgehead atoms. The van der Waals surface area contributed by atoms with Gasteiger partial charge in [-0.3, -0.25) is 10.1 Å². The molecular weight excluding hydrogens is 369 g/mol. The van der Waals surface area contributed by atoms with E-state index in [-0.39, 0.29) is 12.3 Å². The number of hydrogen-bond acceptors (Lipinski definition) is 3. The zero-order valence-electron chi connectivity index (χ0n) is 9.98. The van der Waals surface area contributed by atoms with E-state index in [4.69, 9.17) is 27.9 Å². The summed E-state index contributed by atoms with van der Waals surface area (Å²) in [7, 11) is 0. The third-order valence-corrected chi connectivity index (χ3v) is 3.56. The summed E-state index contributed by atoms with van der Waals surface area (Å²) < 4.78 is 6.13. The minimum Gasteiger partial charge on any atom is -0.487 e. The Balaban J connectivity index is 2.23. The molecule has 0 fully saturated rings. The minimum absolute atomic E-state index is 0.0162. The Morgan fingerprint density at radius 2 is 1.95 bits per heavy atom. The van der Waals surface area contributed by atoms with E-state index in [2.05, 4.69) is 15.9 Å². The fraction of sp³-hybridized carbons (Fsp3) is 0.0769. The van der Waals surface area contributed by atoms with Crippen LogP contribution < -0.4 is 4.74 Å². The van der Waals surface area contributed by atoms with Crippen LogP contribution in [0.5, 0.6) is 5.75 Å². The Labute approximate surface area is 133 Å². The van der Waals surface area contributed by atoms with Crippen LogP contribution >= 0.6 is 39.1 Å². The Bertz CT molecular complexity index is 664. The van der Waals surface area contributed by atoms with Gasteiger partial charge in [0, 0.05) is 21.6 Å². The van der Waals surface area contributed by atoms with Crippen molar-refractivity contribution < 1.29 is 9.66 Å². The fourth-order valence-corrected chi connectivity index (χ4v) is 2.26. The lowest BCUT2D eigenvalue weighted by atomic mass is 10.2. The molecule has 20 heavy (non-hydrogen) atoms. The Morgan fingerprint density at radius 3 is 2.65 bits per heavy atom. The third kappa shape index (κ3) is 3.62. The van der Waals surface area contributed by atoms with Gasteiger partial charge >= 0.3 is 0 Å². The van der Waals surface area contributed by atoms with Crippen molar-refractivity contribution in [2.75, 3.05) is 0 Å². The molecule has 2 aromatic rings. The molecule has 0 heterocycles. The van der Waals surface area contributed by atoms with Crippen molar-refractivity contribution in [1.29, 1.82) is 0 Å². The van der Waals surface area contributed by atoms with Gasteiger partial charge in [-0.25, -0.2) is 0 Å². The zero-order chi connectivity index (χ0) is 14.7. The second kappa shape index (κ2) is 6.43. The zero-order valence-corrected chi connectivity index (χ0v) is 13.1. The summed E-state index contributed by atoms with van der Waals surface area (Å²) in [6, 6.07) is 9.58. The molecule has 0 unspecified atom stereocenters. The standard InChI is InChI=1S/C13H8BrCl2NO3/c14-9-2-1-8(12(5-9)17(18)19)7-20-13-6-10(15)3-4-11(13)16/h1-6H,7H2. The lowest BCUT2D eigenvalue weighted by Crippen LogP contribution is -2.01. The third-order valence-electron chi connectivity index (χ3n) is 2.52. The van der Waals surface area contributed by atoms with E-state index >= 15 is 0 Å². The predicted octanol–water partition coefficient (Wildman–Crippen LogP) is 5.24. The number of nitro benzene ring substituents is 1. The molecule has 0 saturated heterocycles. The first kappa shape index (κ1) is 15.1. The van der Waals surface area contributed by atoms with Crippen LogP contribution in [0, 0.1) is 10.1 Å². The van der Waals surface area contributed by atoms with Gasteiger partial charge in [-0.15, -0.1) is 0 Å². The number of nitro groups is 1. The molecule has 0 aromatic heterocycles. The van der Waals surface area contributed by atoms with Crippen molar-refractivity contribution in [2.24, 2.45) is 0 Å². The van der Waals surface area contributed by atoms with Gasteiger partial charge in [0.15, 0.2) is 0 Å². The monoisotopic (exact) mass is 375 g/mol. The van der Waals surface area contributed by atoms with Gasteiger partial charge in [0.2, 0.25) is 0 Å². The Kier molecular flexibility index (Phi) is 4.86. The highest BCUT2D eigenvalue weighted by molar-refractivity contribution is 9.10. The van der Waals surface area contributed by atoms with Crippen LogP contribution in [-0.2, 0) is 6.61 Å². The summed E-state index contributed by atoms with van der Waals surface area (Å²) in [5.74, 6) is 0.386. The molecule has 0 atom stereocenters. The van der Waals surface area contributed by atoms with Crippen molar-refractivity contribution in [3.05, 3.63) is 66.6 Å². The van der Waals surface area contributed by atoms with Crippen molar-refractivity contribution in [1.82, 2.24) is 0 Å². The molecule has 7 heteroatoms. The molecule has 0 radical (unpaired) electrons. The lowest BCUT2D eigenvalue weighted by molar-refractivity contribution is -0.385. The highest BCUT2D eigenvalue weighted by atomic mass is 79.9. The lowest BCUT2D eigenvalue weighted by Gasteiger charge is -2.09. The topological polar surface area (TPSA) is 52.4 Å². The highest BCUT2D eigenvalue weighted by Gasteiger charge is 2.15. The number of benzene rings is 2. The van der Waals surface area contributed by atoms with E-state index in [1.54, 1.807) is 30.3 Å². The highest BCUT2D eigenvalue weighted by Crippen LogP contribution is 2.30. The van der Waals surface area contributed by atoms with Crippen molar-refractivity contribution in [3.8, 4) is 5.75 Å². The van der Waals surface area contributed by atoms with E-state index < -0.39 is 4.92 Å². The van der Waals surface area contributed by atoms with Crippen LogP contribution in [0.2, 0.25) is 10.0 Å². The smallest absolute Gasteiger partial charge is 0.277 e. The number of halogens is 3. The Morgan fingerprint density at radius 1 is 1.20 bits per heavy atom. The van der Waals surface area contributed by atoms with Crippen molar-refractivity contribution in [2.45, 2.75) is 6.61 Å². The first-order chi connectivity index (χ1) is 9.47. The summed E-state index contributed by atoms with van der Waals surface area (Å²) in [4.78, 5) is 10.5. The van der Waals surface area contributed by atoms with E-state index in [1.165, 1.54) is 6.07 Å². The Hall–Kier alpha value is -1.30. The molecule has 0 aliphatic heterocycles. The van der Waals surface area contributed by atoms with E-state index in [0.717, 1.165) is 0 Å². The fourth-order valence-electron chi connectivity index (χ4n) is 1.57. The molecule has 0 aliphatic rings. The van der Waals surface area contributed by atoms with Gasteiger partial charge in [-0.05, 0) is 24.3 Å². The number of ether oxygens (including phenoxy) is 1. The SMILES string of the molecule is O=[N+]([O-])c1cc(Br)ccc1COc1cc(Cl)ccc1Cl. The molecule has 0 amide bonds. The first-order valence-corrected chi connectivity index (χ1v) is 7.03. The minimum atomic E-state index is -0.455. The van der Waals surface area contributed by atoms with Crippen molar-refractivity contribution >= 4 is 44.8 Å². The van der Waals surface area contributed by atoms with Crippen LogP contribution in [0.25, 0.3) is 0 Å². The first-order valence-electron chi connectivity index (χ1n) is 5.48. The van der Waals surface area contributed by atoms with Crippen LogP contribution in [-0.4, -0.2) is 4.92 Å². The van der Waals surface area contributed by atoms with E-state index in [9.17, 15) is 10.1 Å². The van der Waals surface area contributed by atoms with Crippen LogP contribution in [0.4, 0.5) is 5.69 Å². The molecule has 2 rings (SSSR count). The largest absolute Gasteiger partial charge is 0.487 e. The van der Waals surface area contributed by atoms with Gasteiger partial charge in [0.25, 0.3) is 5.69 Å². The van der Waals surface area contributed by atoms with Crippen LogP contribution in [0.1, 0.15) is 5.56 Å². The normalized spacial score (nSPS) is 10.3. The number of rotatable bonds is 4. The quantitative estimate of drug-likeness (QED) is 0.541. The summed E-state index contributed by atoms with van der Waals surface area (Å²) >= 11 is 15.0. The second-order valence-corrected chi connectivity index (χ2v) is 5.65.